The molecule has 0 amide bonds. The zero-order valence-corrected chi connectivity index (χ0v) is 19.5. The third-order valence-electron chi connectivity index (χ3n) is 8.13. The third kappa shape index (κ3) is 3.76. The number of phenolic OH excluding ortho intramolecular Hbond substituents is 1. The van der Waals surface area contributed by atoms with Crippen LogP contribution in [0.5, 0.6) is 5.75 Å². The third-order valence-corrected chi connectivity index (χ3v) is 8.13. The number of hydrogen-bond acceptors (Lipinski definition) is 6. The van der Waals surface area contributed by atoms with Crippen molar-refractivity contribution in [3.05, 3.63) is 34.9 Å². The molecule has 2 aliphatic carbocycles. The van der Waals surface area contributed by atoms with E-state index in [2.05, 4.69) is 4.90 Å². The summed E-state index contributed by atoms with van der Waals surface area (Å²) in [7, 11) is 5.76. The van der Waals surface area contributed by atoms with Gasteiger partial charge < -0.3 is 19.5 Å². The van der Waals surface area contributed by atoms with Crippen LogP contribution in [0.4, 0.5) is 0 Å². The molecule has 1 aromatic rings. The summed E-state index contributed by atoms with van der Waals surface area (Å²) < 4.78 is 11.3. The van der Waals surface area contributed by atoms with Crippen molar-refractivity contribution in [3.63, 3.8) is 0 Å². The first-order valence-corrected chi connectivity index (χ1v) is 12.1. The monoisotopic (exact) mass is 440 g/mol. The molecule has 1 saturated carbocycles. The molecule has 5 aliphatic rings. The largest absolute Gasteiger partial charge is 0.508 e. The molecule has 6 heteroatoms. The van der Waals surface area contributed by atoms with Crippen molar-refractivity contribution in [1.29, 1.82) is 0 Å². The Labute approximate surface area is 191 Å². The summed E-state index contributed by atoms with van der Waals surface area (Å²) in [5.41, 5.74) is 4.66. The van der Waals surface area contributed by atoms with E-state index < -0.39 is 0 Å². The van der Waals surface area contributed by atoms with Crippen LogP contribution in [0, 0.1) is 17.8 Å². The molecule has 3 aliphatic heterocycles. The molecule has 6 unspecified atom stereocenters. The molecule has 0 aromatic heterocycles. The van der Waals surface area contributed by atoms with Crippen molar-refractivity contribution >= 4 is 11.5 Å². The lowest BCUT2D eigenvalue weighted by molar-refractivity contribution is -0.145. The summed E-state index contributed by atoms with van der Waals surface area (Å²) in [5.74, 6) is 1.47. The second-order valence-corrected chi connectivity index (χ2v) is 10.3. The van der Waals surface area contributed by atoms with Gasteiger partial charge in [-0.2, -0.15) is 0 Å². The summed E-state index contributed by atoms with van der Waals surface area (Å²) in [5, 5.41) is 10.2. The first-order chi connectivity index (χ1) is 15.5. The number of esters is 1. The molecule has 4 bridgehead atoms. The van der Waals surface area contributed by atoms with Crippen LogP contribution >= 0.6 is 0 Å². The number of methoxy groups -OCH3 is 1. The number of rotatable bonds is 7. The lowest BCUT2D eigenvalue weighted by atomic mass is 9.62. The first-order valence-electron chi connectivity index (χ1n) is 12.1. The molecule has 0 radical (unpaired) electrons. The first kappa shape index (κ1) is 21.9. The molecular weight excluding hydrogens is 404 g/mol. The smallest absolute Gasteiger partial charge is 0.317 e. The average Bonchev–Trinajstić information content (AvgIpc) is 3.03. The Morgan fingerprint density at radius 3 is 2.88 bits per heavy atom. The van der Waals surface area contributed by atoms with Crippen LogP contribution in [-0.2, 0) is 14.3 Å². The number of carbonyl (C=O) groups excluding carboxylic acids is 1. The molecule has 6 nitrogen and oxygen atoms in total. The number of nitrogens with zero attached hydrogens (tertiary/aromatic N) is 2. The van der Waals surface area contributed by atoms with Crippen LogP contribution in [0.25, 0.3) is 5.57 Å². The van der Waals surface area contributed by atoms with Crippen LogP contribution in [0.15, 0.2) is 23.8 Å². The van der Waals surface area contributed by atoms with Crippen molar-refractivity contribution in [1.82, 2.24) is 9.80 Å². The van der Waals surface area contributed by atoms with Gasteiger partial charge in [0, 0.05) is 39.4 Å². The Balaban J connectivity index is 1.52. The van der Waals surface area contributed by atoms with Gasteiger partial charge in [-0.15, -0.1) is 0 Å². The van der Waals surface area contributed by atoms with Gasteiger partial charge in [0.2, 0.25) is 0 Å². The van der Waals surface area contributed by atoms with E-state index >= 15 is 0 Å². The van der Waals surface area contributed by atoms with Crippen molar-refractivity contribution < 1.29 is 19.4 Å². The molecule has 1 aromatic carbocycles. The summed E-state index contributed by atoms with van der Waals surface area (Å²) in [6.07, 6.45) is 4.45. The zero-order valence-electron chi connectivity index (χ0n) is 19.5. The number of fused-ring (bicyclic) bond motifs is 3. The SMILES string of the molecule is COCCC1CC2CC3C4=C(CCN(C2)C13)c1cc(O)ccc1C4C(=O)OCCN(C)C. The lowest BCUT2D eigenvalue weighted by Gasteiger charge is -2.54. The number of likely N-dealkylation sites (N-methyl/N-ethyl adjacent to an activating group) is 1. The second-order valence-electron chi connectivity index (χ2n) is 10.3. The average molecular weight is 441 g/mol. The van der Waals surface area contributed by atoms with Crippen LogP contribution in [0.1, 0.15) is 42.7 Å². The number of phenols is 1. The fourth-order valence-electron chi connectivity index (χ4n) is 6.95. The fourth-order valence-corrected chi connectivity index (χ4v) is 6.95. The Morgan fingerprint density at radius 2 is 2.09 bits per heavy atom. The summed E-state index contributed by atoms with van der Waals surface area (Å²) in [6.45, 7) is 4.11. The van der Waals surface area contributed by atoms with E-state index in [4.69, 9.17) is 9.47 Å². The van der Waals surface area contributed by atoms with Gasteiger partial charge in [0.05, 0.1) is 0 Å². The summed E-state index contributed by atoms with van der Waals surface area (Å²) in [4.78, 5) is 18.2. The molecule has 3 heterocycles. The minimum Gasteiger partial charge on any atom is -0.508 e. The number of carbonyl (C=O) groups is 1. The van der Waals surface area contributed by atoms with E-state index in [0.29, 0.717) is 36.9 Å². The number of ether oxygens (including phenoxy) is 2. The van der Waals surface area contributed by atoms with E-state index in [1.54, 1.807) is 13.2 Å². The molecule has 32 heavy (non-hydrogen) atoms. The molecule has 2 saturated heterocycles. The van der Waals surface area contributed by atoms with E-state index in [0.717, 1.165) is 43.5 Å². The topological polar surface area (TPSA) is 62.2 Å². The van der Waals surface area contributed by atoms with Crippen LogP contribution < -0.4 is 0 Å². The number of hydrogen-bond donors (Lipinski definition) is 1. The molecule has 6 rings (SSSR count). The summed E-state index contributed by atoms with van der Waals surface area (Å²) >= 11 is 0. The van der Waals surface area contributed by atoms with Gasteiger partial charge in [0.15, 0.2) is 0 Å². The van der Waals surface area contributed by atoms with Gasteiger partial charge in [-0.05, 0) is 91.9 Å². The van der Waals surface area contributed by atoms with Crippen LogP contribution in [0.2, 0.25) is 0 Å². The molecule has 6 atom stereocenters. The molecular formula is C26H36N2O4. The van der Waals surface area contributed by atoms with Crippen LogP contribution in [0.3, 0.4) is 0 Å². The quantitative estimate of drug-likeness (QED) is 0.658. The Bertz CT molecular complexity index is 911. The fraction of sp³-hybridized carbons (Fsp3) is 0.654. The maximum absolute atomic E-state index is 13.5. The Hall–Kier alpha value is -1.89. The predicted molar refractivity (Wildman–Crippen MR) is 123 cm³/mol. The van der Waals surface area contributed by atoms with Crippen molar-refractivity contribution in [2.75, 3.05) is 54.1 Å². The van der Waals surface area contributed by atoms with Gasteiger partial charge in [-0.25, -0.2) is 0 Å². The highest BCUT2D eigenvalue weighted by molar-refractivity contribution is 5.93. The maximum atomic E-state index is 13.5. The minimum absolute atomic E-state index is 0.132. The van der Waals surface area contributed by atoms with E-state index in [1.807, 2.05) is 31.1 Å². The molecule has 1 N–H and O–H groups in total. The molecule has 3 fully saturated rings. The number of aromatic hydroxyl groups is 1. The highest BCUT2D eigenvalue weighted by Crippen LogP contribution is 2.57. The summed E-state index contributed by atoms with van der Waals surface area (Å²) in [6, 6.07) is 6.00. The highest BCUT2D eigenvalue weighted by atomic mass is 16.5. The number of benzene rings is 1. The highest BCUT2D eigenvalue weighted by Gasteiger charge is 2.53. The van der Waals surface area contributed by atoms with Gasteiger partial charge in [0.1, 0.15) is 18.3 Å². The predicted octanol–water partition coefficient (Wildman–Crippen LogP) is 3.11. The van der Waals surface area contributed by atoms with Gasteiger partial charge in [0.25, 0.3) is 0 Å². The maximum Gasteiger partial charge on any atom is 0.317 e. The van der Waals surface area contributed by atoms with E-state index in [9.17, 15) is 9.90 Å². The second kappa shape index (κ2) is 8.81. The zero-order chi connectivity index (χ0) is 22.4. The normalized spacial score (nSPS) is 32.6. The lowest BCUT2D eigenvalue weighted by Crippen LogP contribution is -2.58. The minimum atomic E-state index is -0.338. The van der Waals surface area contributed by atoms with Gasteiger partial charge in [-0.3, -0.25) is 9.69 Å². The van der Waals surface area contributed by atoms with E-state index in [-0.39, 0.29) is 17.6 Å². The standard InChI is InChI=1S/C26H36N2O4/c1-27(2)9-11-32-26(30)24-19-5-4-18(29)14-21(19)20-6-8-28-15-16-12-17(7-10-31-3)25(28)22(13-16)23(20)24/h4-5,14,16-17,22,24-25,29H,6-13,15H2,1-3H3. The number of piperidine rings is 2. The van der Waals surface area contributed by atoms with Crippen molar-refractivity contribution in [2.24, 2.45) is 17.8 Å². The van der Waals surface area contributed by atoms with Gasteiger partial charge >= 0.3 is 5.97 Å². The van der Waals surface area contributed by atoms with E-state index in [1.165, 1.54) is 24.1 Å². The van der Waals surface area contributed by atoms with Crippen molar-refractivity contribution in [2.45, 2.75) is 37.6 Å². The molecule has 174 valence electrons. The van der Waals surface area contributed by atoms with Crippen molar-refractivity contribution in [3.8, 4) is 5.75 Å². The molecule has 0 spiro atoms. The van der Waals surface area contributed by atoms with Gasteiger partial charge in [-0.1, -0.05) is 6.07 Å². The Morgan fingerprint density at radius 1 is 1.25 bits per heavy atom. The Kier molecular flexibility index (Phi) is 6.03. The van der Waals surface area contributed by atoms with Crippen LogP contribution in [-0.4, -0.2) is 81.0 Å².